The molecule has 4 heteroatoms. The molecule has 21 heavy (non-hydrogen) atoms. The maximum absolute atomic E-state index is 8.90. The van der Waals surface area contributed by atoms with Gasteiger partial charge in [-0.1, -0.05) is 12.1 Å². The first kappa shape index (κ1) is 14.9. The molecule has 108 valence electrons. The van der Waals surface area contributed by atoms with Gasteiger partial charge in [-0.3, -0.25) is 0 Å². The highest BCUT2D eigenvalue weighted by molar-refractivity contribution is 5.41. The Hall–Kier alpha value is -2.51. The molecule has 0 aliphatic heterocycles. The number of benzene rings is 2. The van der Waals surface area contributed by atoms with Gasteiger partial charge in [-0.25, -0.2) is 0 Å². The molecule has 0 aromatic heterocycles. The van der Waals surface area contributed by atoms with Crippen LogP contribution in [-0.2, 0) is 13.0 Å². The quantitative estimate of drug-likeness (QED) is 0.884. The zero-order valence-electron chi connectivity index (χ0n) is 12.0. The molecule has 0 radical (unpaired) electrons. The molecule has 2 rings (SSSR count). The first-order valence-electron chi connectivity index (χ1n) is 6.75. The molecular formula is C17H18N2O2. The average molecular weight is 282 g/mol. The van der Waals surface area contributed by atoms with E-state index >= 15 is 0 Å². The summed E-state index contributed by atoms with van der Waals surface area (Å²) in [4.78, 5) is 0. The van der Waals surface area contributed by atoms with E-state index in [0.717, 1.165) is 29.0 Å². The van der Waals surface area contributed by atoms with Gasteiger partial charge in [-0.2, -0.15) is 5.26 Å². The van der Waals surface area contributed by atoms with Crippen molar-refractivity contribution in [2.24, 2.45) is 5.73 Å². The molecule has 0 unspecified atom stereocenters. The van der Waals surface area contributed by atoms with Crippen molar-refractivity contribution >= 4 is 0 Å². The first-order valence-corrected chi connectivity index (χ1v) is 6.75. The molecule has 0 aliphatic rings. The highest BCUT2D eigenvalue weighted by atomic mass is 16.5. The molecule has 0 atom stereocenters. The van der Waals surface area contributed by atoms with Crippen LogP contribution in [0.2, 0.25) is 0 Å². The number of nitriles is 1. The van der Waals surface area contributed by atoms with Crippen LogP contribution in [0, 0.1) is 11.3 Å². The van der Waals surface area contributed by atoms with Crippen molar-refractivity contribution in [1.82, 2.24) is 0 Å². The summed E-state index contributed by atoms with van der Waals surface area (Å²) in [7, 11) is 1.63. The predicted octanol–water partition coefficient (Wildman–Crippen LogP) is 2.65. The molecule has 0 fully saturated rings. The van der Waals surface area contributed by atoms with E-state index in [1.54, 1.807) is 13.2 Å². The number of hydrogen-bond acceptors (Lipinski definition) is 4. The molecule has 0 bridgehead atoms. The molecule has 0 amide bonds. The van der Waals surface area contributed by atoms with Crippen LogP contribution in [0.15, 0.2) is 42.5 Å². The SMILES string of the molecule is COc1ccc(OCc2cccc(C#N)c2)c(CCN)c1. The minimum absolute atomic E-state index is 0.416. The lowest BCUT2D eigenvalue weighted by atomic mass is 10.1. The van der Waals surface area contributed by atoms with Crippen LogP contribution in [0.1, 0.15) is 16.7 Å². The second-order valence-electron chi connectivity index (χ2n) is 4.61. The molecule has 4 nitrogen and oxygen atoms in total. The summed E-state index contributed by atoms with van der Waals surface area (Å²) in [6, 6.07) is 15.2. The summed E-state index contributed by atoms with van der Waals surface area (Å²) >= 11 is 0. The summed E-state index contributed by atoms with van der Waals surface area (Å²) in [5, 5.41) is 8.90. The van der Waals surface area contributed by atoms with Crippen molar-refractivity contribution in [2.45, 2.75) is 13.0 Å². The molecule has 2 N–H and O–H groups in total. The van der Waals surface area contributed by atoms with Crippen LogP contribution < -0.4 is 15.2 Å². The van der Waals surface area contributed by atoms with E-state index < -0.39 is 0 Å². The number of rotatable bonds is 6. The molecule has 0 saturated carbocycles. The Morgan fingerprint density at radius 3 is 2.76 bits per heavy atom. The molecule has 0 spiro atoms. The minimum Gasteiger partial charge on any atom is -0.497 e. The van der Waals surface area contributed by atoms with E-state index in [1.807, 2.05) is 36.4 Å². The third-order valence-electron chi connectivity index (χ3n) is 3.13. The van der Waals surface area contributed by atoms with Crippen molar-refractivity contribution < 1.29 is 9.47 Å². The molecule has 0 heterocycles. The Morgan fingerprint density at radius 1 is 1.19 bits per heavy atom. The van der Waals surface area contributed by atoms with Gasteiger partial charge in [0.1, 0.15) is 18.1 Å². The van der Waals surface area contributed by atoms with Crippen LogP contribution in [0.5, 0.6) is 11.5 Å². The topological polar surface area (TPSA) is 68.3 Å². The molecule has 2 aromatic rings. The van der Waals surface area contributed by atoms with E-state index in [4.69, 9.17) is 20.5 Å². The van der Waals surface area contributed by atoms with Crippen LogP contribution in [0.25, 0.3) is 0 Å². The van der Waals surface area contributed by atoms with Gasteiger partial charge in [0.15, 0.2) is 0 Å². The molecular weight excluding hydrogens is 264 g/mol. The van der Waals surface area contributed by atoms with Gasteiger partial charge in [0.2, 0.25) is 0 Å². The first-order chi connectivity index (χ1) is 10.3. The third kappa shape index (κ3) is 3.98. The van der Waals surface area contributed by atoms with Crippen molar-refractivity contribution in [3.05, 3.63) is 59.2 Å². The summed E-state index contributed by atoms with van der Waals surface area (Å²) in [6.07, 6.45) is 0.727. The largest absolute Gasteiger partial charge is 0.497 e. The predicted molar refractivity (Wildman–Crippen MR) is 81.2 cm³/mol. The van der Waals surface area contributed by atoms with Gasteiger partial charge in [-0.05, 0) is 54.4 Å². The summed E-state index contributed by atoms with van der Waals surface area (Å²) in [5.74, 6) is 1.58. The lowest BCUT2D eigenvalue weighted by Crippen LogP contribution is -2.06. The van der Waals surface area contributed by atoms with E-state index in [9.17, 15) is 0 Å². The highest BCUT2D eigenvalue weighted by Crippen LogP contribution is 2.25. The highest BCUT2D eigenvalue weighted by Gasteiger charge is 2.06. The maximum atomic E-state index is 8.90. The zero-order valence-corrected chi connectivity index (χ0v) is 12.0. The van der Waals surface area contributed by atoms with Crippen LogP contribution >= 0.6 is 0 Å². The fraction of sp³-hybridized carbons (Fsp3) is 0.235. The van der Waals surface area contributed by atoms with E-state index in [2.05, 4.69) is 6.07 Å². The Labute approximate surface area is 124 Å². The van der Waals surface area contributed by atoms with E-state index in [-0.39, 0.29) is 0 Å². The van der Waals surface area contributed by atoms with Gasteiger partial charge in [0, 0.05) is 0 Å². The monoisotopic (exact) mass is 282 g/mol. The third-order valence-corrected chi connectivity index (χ3v) is 3.13. The molecule has 0 aliphatic carbocycles. The number of ether oxygens (including phenoxy) is 2. The minimum atomic E-state index is 0.416. The van der Waals surface area contributed by atoms with Crippen LogP contribution in [0.3, 0.4) is 0 Å². The summed E-state index contributed by atoms with van der Waals surface area (Å²) in [5.41, 5.74) is 8.25. The fourth-order valence-electron chi connectivity index (χ4n) is 2.07. The Kier molecular flexibility index (Phi) is 5.19. The fourth-order valence-corrected chi connectivity index (χ4v) is 2.07. The average Bonchev–Trinajstić information content (AvgIpc) is 2.54. The second-order valence-corrected chi connectivity index (χ2v) is 4.61. The summed E-state index contributed by atoms with van der Waals surface area (Å²) in [6.45, 7) is 0.965. The zero-order chi connectivity index (χ0) is 15.1. The Balaban J connectivity index is 2.13. The van der Waals surface area contributed by atoms with Crippen LogP contribution in [-0.4, -0.2) is 13.7 Å². The second kappa shape index (κ2) is 7.32. The number of nitrogens with zero attached hydrogens (tertiary/aromatic N) is 1. The van der Waals surface area contributed by atoms with Crippen molar-refractivity contribution in [3.63, 3.8) is 0 Å². The summed E-state index contributed by atoms with van der Waals surface area (Å²) < 4.78 is 11.1. The Bertz CT molecular complexity index is 647. The van der Waals surface area contributed by atoms with Gasteiger partial charge in [0.25, 0.3) is 0 Å². The number of nitrogens with two attached hydrogens (primary N) is 1. The van der Waals surface area contributed by atoms with Gasteiger partial charge >= 0.3 is 0 Å². The smallest absolute Gasteiger partial charge is 0.123 e. The Morgan fingerprint density at radius 2 is 2.05 bits per heavy atom. The van der Waals surface area contributed by atoms with Crippen molar-refractivity contribution in [2.75, 3.05) is 13.7 Å². The van der Waals surface area contributed by atoms with Gasteiger partial charge < -0.3 is 15.2 Å². The molecule has 0 saturated heterocycles. The lowest BCUT2D eigenvalue weighted by molar-refractivity contribution is 0.302. The number of methoxy groups -OCH3 is 1. The van der Waals surface area contributed by atoms with Crippen molar-refractivity contribution in [3.8, 4) is 17.6 Å². The van der Waals surface area contributed by atoms with Gasteiger partial charge in [-0.15, -0.1) is 0 Å². The maximum Gasteiger partial charge on any atom is 0.123 e. The number of hydrogen-bond donors (Lipinski definition) is 1. The van der Waals surface area contributed by atoms with E-state index in [1.165, 1.54) is 0 Å². The normalized spacial score (nSPS) is 9.95. The van der Waals surface area contributed by atoms with Crippen LogP contribution in [0.4, 0.5) is 0 Å². The van der Waals surface area contributed by atoms with Crippen molar-refractivity contribution in [1.29, 1.82) is 5.26 Å². The standard InChI is InChI=1S/C17H18N2O2/c1-20-16-5-6-17(15(10-16)7-8-18)21-12-14-4-2-3-13(9-14)11-19/h2-6,9-10H,7-8,12,18H2,1H3. The molecule has 2 aromatic carbocycles. The van der Waals surface area contributed by atoms with Gasteiger partial charge in [0.05, 0.1) is 18.7 Å². The van der Waals surface area contributed by atoms with E-state index in [0.29, 0.717) is 18.7 Å². The lowest BCUT2D eigenvalue weighted by Gasteiger charge is -2.12.